The lowest BCUT2D eigenvalue weighted by molar-refractivity contribution is -0.131. The Balaban J connectivity index is 2.09. The van der Waals surface area contributed by atoms with Crippen LogP contribution in [0.5, 0.6) is 0 Å². The summed E-state index contributed by atoms with van der Waals surface area (Å²) in [6.07, 6.45) is 2.51. The molecule has 4 atom stereocenters. The molecule has 1 amide bonds. The molecule has 25 heavy (non-hydrogen) atoms. The van der Waals surface area contributed by atoms with E-state index >= 15 is 0 Å². The van der Waals surface area contributed by atoms with Gasteiger partial charge in [-0.15, -0.1) is 18.2 Å². The van der Waals surface area contributed by atoms with Crippen molar-refractivity contribution in [2.75, 3.05) is 5.32 Å². The monoisotopic (exact) mass is 352 g/mol. The van der Waals surface area contributed by atoms with Gasteiger partial charge in [0.25, 0.3) is 0 Å². The quantitative estimate of drug-likeness (QED) is 0.595. The van der Waals surface area contributed by atoms with E-state index < -0.39 is 10.8 Å². The van der Waals surface area contributed by atoms with E-state index in [0.29, 0.717) is 5.57 Å². The zero-order chi connectivity index (χ0) is 18.2. The van der Waals surface area contributed by atoms with Crippen molar-refractivity contribution in [3.8, 4) is 6.07 Å². The van der Waals surface area contributed by atoms with Crippen molar-refractivity contribution in [3.05, 3.63) is 53.6 Å². The van der Waals surface area contributed by atoms with Crippen LogP contribution in [-0.2, 0) is 10.2 Å². The minimum absolute atomic E-state index is 0.0304. The molecule has 1 aromatic rings. The second kappa shape index (κ2) is 4.77. The number of halogens is 1. The molecule has 3 nitrogen and oxygen atoms in total. The number of nitrogens with one attached hydrogen (secondary N) is 1. The fourth-order valence-electron chi connectivity index (χ4n) is 5.40. The molecular weight excluding hydrogens is 332 g/mol. The van der Waals surface area contributed by atoms with Crippen LogP contribution in [0.2, 0.25) is 0 Å². The van der Waals surface area contributed by atoms with Crippen LogP contribution in [0.15, 0.2) is 48.1 Å². The van der Waals surface area contributed by atoms with Crippen LogP contribution >= 0.6 is 11.6 Å². The molecule has 1 fully saturated rings. The van der Waals surface area contributed by atoms with Gasteiger partial charge < -0.3 is 5.32 Å². The fourth-order valence-corrected chi connectivity index (χ4v) is 5.78. The molecule has 1 N–H and O–H groups in total. The SMILES string of the molecule is C=C[C@@]1(C)C(C#N)=C2[C@H](C[C@H]1Cl)C(C)(C)[C@]21C(=O)Nc2ccccc21. The Kier molecular flexibility index (Phi) is 3.13. The Labute approximate surface area is 153 Å². The van der Waals surface area contributed by atoms with Gasteiger partial charge in [0.15, 0.2) is 0 Å². The number of carbonyl (C=O) groups is 1. The van der Waals surface area contributed by atoms with Crippen LogP contribution < -0.4 is 5.32 Å². The third kappa shape index (κ3) is 1.56. The van der Waals surface area contributed by atoms with Crippen molar-refractivity contribution in [3.63, 3.8) is 0 Å². The molecule has 0 radical (unpaired) electrons. The van der Waals surface area contributed by atoms with Crippen LogP contribution in [0.25, 0.3) is 0 Å². The van der Waals surface area contributed by atoms with Gasteiger partial charge in [-0.05, 0) is 41.9 Å². The number of allylic oxidation sites excluding steroid dienone is 2. The van der Waals surface area contributed by atoms with Gasteiger partial charge in [-0.3, -0.25) is 4.79 Å². The van der Waals surface area contributed by atoms with Gasteiger partial charge in [0.05, 0.1) is 6.07 Å². The van der Waals surface area contributed by atoms with Gasteiger partial charge in [-0.1, -0.05) is 38.1 Å². The van der Waals surface area contributed by atoms with Crippen molar-refractivity contribution in [1.82, 2.24) is 0 Å². The molecule has 2 aliphatic carbocycles. The summed E-state index contributed by atoms with van der Waals surface area (Å²) in [7, 11) is 0. The number of hydrogen-bond acceptors (Lipinski definition) is 2. The van der Waals surface area contributed by atoms with Gasteiger partial charge in [-0.2, -0.15) is 5.26 Å². The summed E-state index contributed by atoms with van der Waals surface area (Å²) in [5.74, 6) is 0.0896. The van der Waals surface area contributed by atoms with Crippen LogP contribution in [0.3, 0.4) is 0 Å². The molecule has 4 heteroatoms. The van der Waals surface area contributed by atoms with Crippen molar-refractivity contribution in [1.29, 1.82) is 5.26 Å². The van der Waals surface area contributed by atoms with E-state index in [4.69, 9.17) is 11.6 Å². The summed E-state index contributed by atoms with van der Waals surface area (Å²) < 4.78 is 0. The molecule has 128 valence electrons. The van der Waals surface area contributed by atoms with Gasteiger partial charge in [-0.25, -0.2) is 0 Å². The second-order valence-corrected chi connectivity index (χ2v) is 8.64. The molecule has 1 aromatic carbocycles. The van der Waals surface area contributed by atoms with E-state index in [1.54, 1.807) is 6.08 Å². The molecule has 4 rings (SSSR count). The summed E-state index contributed by atoms with van der Waals surface area (Å²) in [6.45, 7) is 10.1. The molecule has 1 spiro atoms. The summed E-state index contributed by atoms with van der Waals surface area (Å²) in [6, 6.07) is 10.2. The smallest absolute Gasteiger partial charge is 0.239 e. The number of hydrogen-bond donors (Lipinski definition) is 1. The van der Waals surface area contributed by atoms with Crippen molar-refractivity contribution in [2.45, 2.75) is 38.0 Å². The summed E-state index contributed by atoms with van der Waals surface area (Å²) in [5.41, 5.74) is 1.66. The molecular formula is C21H21ClN2O. The van der Waals surface area contributed by atoms with Crippen molar-refractivity contribution >= 4 is 23.2 Å². The number of anilines is 1. The van der Waals surface area contributed by atoms with Gasteiger partial charge in [0.1, 0.15) is 5.41 Å². The first-order valence-electron chi connectivity index (χ1n) is 8.60. The third-order valence-corrected chi connectivity index (χ3v) is 7.58. The summed E-state index contributed by atoms with van der Waals surface area (Å²) in [5, 5.41) is 12.8. The Bertz CT molecular complexity index is 893. The number of alkyl halides is 1. The summed E-state index contributed by atoms with van der Waals surface area (Å²) in [4.78, 5) is 13.2. The molecule has 1 aliphatic heterocycles. The minimum Gasteiger partial charge on any atom is -0.325 e. The molecule has 3 aliphatic rings. The van der Waals surface area contributed by atoms with Crippen LogP contribution in [0.4, 0.5) is 5.69 Å². The zero-order valence-corrected chi connectivity index (χ0v) is 15.4. The fraction of sp³-hybridized carbons (Fsp3) is 0.429. The Morgan fingerprint density at radius 3 is 2.68 bits per heavy atom. The zero-order valence-electron chi connectivity index (χ0n) is 14.7. The van der Waals surface area contributed by atoms with E-state index in [2.05, 4.69) is 31.8 Å². The van der Waals surface area contributed by atoms with Gasteiger partial charge >= 0.3 is 0 Å². The number of fused-ring (bicyclic) bond motifs is 4. The average Bonchev–Trinajstić information content (AvgIpc) is 2.91. The maximum Gasteiger partial charge on any atom is 0.239 e. The highest BCUT2D eigenvalue weighted by atomic mass is 35.5. The van der Waals surface area contributed by atoms with E-state index in [1.807, 2.05) is 31.2 Å². The second-order valence-electron chi connectivity index (χ2n) is 8.11. The largest absolute Gasteiger partial charge is 0.325 e. The Morgan fingerprint density at radius 1 is 1.36 bits per heavy atom. The molecule has 0 unspecified atom stereocenters. The molecule has 0 aromatic heterocycles. The van der Waals surface area contributed by atoms with Gasteiger partial charge in [0.2, 0.25) is 5.91 Å². The minimum atomic E-state index is -0.791. The van der Waals surface area contributed by atoms with E-state index in [9.17, 15) is 10.1 Å². The lowest BCUT2D eigenvalue weighted by Gasteiger charge is -2.65. The topological polar surface area (TPSA) is 52.9 Å². The number of benzene rings is 1. The number of para-hydroxylation sites is 1. The average molecular weight is 353 g/mol. The lowest BCUT2D eigenvalue weighted by atomic mass is 9.36. The maximum absolute atomic E-state index is 13.2. The molecule has 0 saturated heterocycles. The van der Waals surface area contributed by atoms with Crippen LogP contribution in [0, 0.1) is 28.1 Å². The number of carbonyl (C=O) groups excluding carboxylic acids is 1. The lowest BCUT2D eigenvalue weighted by Crippen LogP contribution is -2.67. The molecule has 1 heterocycles. The first kappa shape index (κ1) is 16.4. The standard InChI is InChI=1S/C21H21ClN2O/c1-5-20(4)14(11-23)17-13(10-16(20)22)19(2,3)21(17)12-8-6-7-9-15(12)24-18(21)25/h5-9,13,16H,1,10H2,2-4H3,(H,24,25)/t13-,16+,20-,21-/m0/s1. The number of nitriles is 1. The van der Waals surface area contributed by atoms with Crippen molar-refractivity contribution < 1.29 is 4.79 Å². The Hall–Kier alpha value is -2.05. The predicted molar refractivity (Wildman–Crippen MR) is 99.2 cm³/mol. The van der Waals surface area contributed by atoms with Gasteiger partial charge in [0, 0.05) is 22.1 Å². The highest BCUT2D eigenvalue weighted by Crippen LogP contribution is 2.73. The predicted octanol–water partition coefficient (Wildman–Crippen LogP) is 4.56. The van der Waals surface area contributed by atoms with Crippen LogP contribution in [0.1, 0.15) is 32.8 Å². The number of nitrogens with zero attached hydrogens (tertiary/aromatic N) is 1. The van der Waals surface area contributed by atoms with Crippen LogP contribution in [-0.4, -0.2) is 11.3 Å². The van der Waals surface area contributed by atoms with Crippen molar-refractivity contribution in [2.24, 2.45) is 16.7 Å². The molecule has 1 saturated carbocycles. The van der Waals surface area contributed by atoms with E-state index in [-0.39, 0.29) is 22.6 Å². The Morgan fingerprint density at radius 2 is 2.04 bits per heavy atom. The normalized spacial score (nSPS) is 37.6. The maximum atomic E-state index is 13.2. The number of rotatable bonds is 1. The molecule has 0 bridgehead atoms. The summed E-state index contributed by atoms with van der Waals surface area (Å²) >= 11 is 6.69. The number of amides is 1. The first-order chi connectivity index (χ1) is 11.8. The highest BCUT2D eigenvalue weighted by Gasteiger charge is 2.73. The highest BCUT2D eigenvalue weighted by molar-refractivity contribution is 6.22. The van der Waals surface area contributed by atoms with E-state index in [0.717, 1.165) is 23.2 Å². The third-order valence-electron chi connectivity index (χ3n) is 6.95. The van der Waals surface area contributed by atoms with E-state index in [1.165, 1.54) is 0 Å². The first-order valence-corrected chi connectivity index (χ1v) is 9.04.